The minimum absolute atomic E-state index is 0.119. The van der Waals surface area contributed by atoms with E-state index in [0.29, 0.717) is 11.1 Å². The first-order valence-electron chi connectivity index (χ1n) is 11.3. The van der Waals surface area contributed by atoms with E-state index in [-0.39, 0.29) is 17.3 Å². The van der Waals surface area contributed by atoms with Gasteiger partial charge in [-0.05, 0) is 35.7 Å². The summed E-state index contributed by atoms with van der Waals surface area (Å²) < 4.78 is 0.864. The van der Waals surface area contributed by atoms with E-state index >= 15 is 0 Å². The lowest BCUT2D eigenvalue weighted by molar-refractivity contribution is -0.126. The molecular weight excluding hydrogens is 492 g/mol. The van der Waals surface area contributed by atoms with E-state index in [2.05, 4.69) is 21.0 Å². The van der Waals surface area contributed by atoms with Crippen LogP contribution in [0.4, 0.5) is 0 Å². The molecule has 5 atom stereocenters. The second-order valence-corrected chi connectivity index (χ2v) is 10.1. The van der Waals surface area contributed by atoms with Gasteiger partial charge in [-0.1, -0.05) is 82.2 Å². The zero-order chi connectivity index (χ0) is 23.6. The van der Waals surface area contributed by atoms with E-state index in [1.54, 1.807) is 23.4 Å². The molecule has 3 aromatic rings. The lowest BCUT2D eigenvalue weighted by Crippen LogP contribution is -2.41. The SMILES string of the molecule is Cc1ccc([C@@H]2C(=O)[C@@H]3[C@H](C2=O)[C@H]2c4ccccc4C=NN2[C@@H]3C(=O)c2ccc(Br)cc2)cc1. The van der Waals surface area contributed by atoms with Crippen molar-refractivity contribution in [1.82, 2.24) is 5.01 Å². The molecular formula is C28H21BrN2O3. The van der Waals surface area contributed by atoms with Gasteiger partial charge in [0.2, 0.25) is 0 Å². The van der Waals surface area contributed by atoms with Crippen molar-refractivity contribution < 1.29 is 14.4 Å². The molecule has 0 bridgehead atoms. The third-order valence-corrected chi connectivity index (χ3v) is 7.84. The van der Waals surface area contributed by atoms with Gasteiger partial charge < -0.3 is 0 Å². The number of carbonyl (C=O) groups excluding carboxylic acids is 3. The van der Waals surface area contributed by atoms with Gasteiger partial charge in [0.05, 0.1) is 24.1 Å². The first-order valence-corrected chi connectivity index (χ1v) is 12.1. The number of hydrogen-bond donors (Lipinski definition) is 0. The number of hydrazone groups is 1. The van der Waals surface area contributed by atoms with E-state index in [9.17, 15) is 14.4 Å². The lowest BCUT2D eigenvalue weighted by Gasteiger charge is -2.33. The quantitative estimate of drug-likeness (QED) is 0.370. The van der Waals surface area contributed by atoms with Crippen molar-refractivity contribution in [3.8, 4) is 0 Å². The molecule has 6 heteroatoms. The normalized spacial score (nSPS) is 26.9. The maximum absolute atomic E-state index is 13.9. The molecule has 6 rings (SSSR count). The molecule has 1 aliphatic carbocycles. The summed E-state index contributed by atoms with van der Waals surface area (Å²) in [4.78, 5) is 41.6. The summed E-state index contributed by atoms with van der Waals surface area (Å²) in [7, 11) is 0. The Bertz CT molecular complexity index is 1360. The molecule has 2 fully saturated rings. The van der Waals surface area contributed by atoms with Crippen LogP contribution in [0.25, 0.3) is 0 Å². The first-order chi connectivity index (χ1) is 16.5. The van der Waals surface area contributed by atoms with Crippen molar-refractivity contribution in [2.45, 2.75) is 24.9 Å². The number of fused-ring (bicyclic) bond motifs is 5. The number of halogens is 1. The molecule has 0 unspecified atom stereocenters. The molecule has 1 saturated carbocycles. The van der Waals surface area contributed by atoms with Crippen LogP contribution in [0.3, 0.4) is 0 Å². The number of aryl methyl sites for hydroxylation is 1. The van der Waals surface area contributed by atoms with Crippen LogP contribution in [0.5, 0.6) is 0 Å². The highest BCUT2D eigenvalue weighted by molar-refractivity contribution is 9.10. The third-order valence-electron chi connectivity index (χ3n) is 7.32. The molecule has 5 nitrogen and oxygen atoms in total. The Hall–Kier alpha value is -3.38. The molecule has 3 aliphatic rings. The zero-order valence-electron chi connectivity index (χ0n) is 18.4. The molecule has 0 N–H and O–H groups in total. The van der Waals surface area contributed by atoms with Crippen LogP contribution < -0.4 is 0 Å². The summed E-state index contributed by atoms with van der Waals surface area (Å²) in [5, 5.41) is 6.32. The predicted molar refractivity (Wildman–Crippen MR) is 132 cm³/mol. The maximum Gasteiger partial charge on any atom is 0.187 e. The Kier molecular flexibility index (Phi) is 4.88. The second-order valence-electron chi connectivity index (χ2n) is 9.21. The van der Waals surface area contributed by atoms with Gasteiger partial charge in [-0.15, -0.1) is 0 Å². The van der Waals surface area contributed by atoms with Gasteiger partial charge in [0.15, 0.2) is 17.3 Å². The highest BCUT2D eigenvalue weighted by Crippen LogP contribution is 2.55. The van der Waals surface area contributed by atoms with Gasteiger partial charge in [0.25, 0.3) is 0 Å². The van der Waals surface area contributed by atoms with Crippen molar-refractivity contribution in [2.24, 2.45) is 16.9 Å². The van der Waals surface area contributed by atoms with Crippen molar-refractivity contribution in [1.29, 1.82) is 0 Å². The van der Waals surface area contributed by atoms with Gasteiger partial charge in [0, 0.05) is 10.0 Å². The van der Waals surface area contributed by atoms with Crippen LogP contribution in [-0.2, 0) is 9.59 Å². The predicted octanol–water partition coefficient (Wildman–Crippen LogP) is 4.88. The van der Waals surface area contributed by atoms with E-state index in [1.165, 1.54) is 0 Å². The van der Waals surface area contributed by atoms with Crippen molar-refractivity contribution in [2.75, 3.05) is 0 Å². The van der Waals surface area contributed by atoms with Gasteiger partial charge in [-0.25, -0.2) is 0 Å². The van der Waals surface area contributed by atoms with E-state index in [1.807, 2.05) is 67.6 Å². The molecule has 34 heavy (non-hydrogen) atoms. The summed E-state index contributed by atoms with van der Waals surface area (Å²) in [5.41, 5.74) is 4.11. The van der Waals surface area contributed by atoms with Crippen LogP contribution >= 0.6 is 15.9 Å². The zero-order valence-corrected chi connectivity index (χ0v) is 20.0. The van der Waals surface area contributed by atoms with E-state index < -0.39 is 29.8 Å². The lowest BCUT2D eigenvalue weighted by atomic mass is 9.83. The number of hydrogen-bond acceptors (Lipinski definition) is 5. The number of Topliss-reactive ketones (excluding diaryl/α,β-unsaturated/α-hetero) is 3. The van der Waals surface area contributed by atoms with Gasteiger partial charge >= 0.3 is 0 Å². The number of nitrogens with zero attached hydrogens (tertiary/aromatic N) is 2. The average molecular weight is 513 g/mol. The molecule has 168 valence electrons. The summed E-state index contributed by atoms with van der Waals surface area (Å²) in [6.07, 6.45) is 1.72. The second kappa shape index (κ2) is 7.84. The fourth-order valence-corrected chi connectivity index (χ4v) is 6.01. The van der Waals surface area contributed by atoms with Crippen molar-refractivity contribution >= 4 is 39.5 Å². The fourth-order valence-electron chi connectivity index (χ4n) is 5.75. The molecule has 0 aromatic heterocycles. The van der Waals surface area contributed by atoms with Crippen LogP contribution in [-0.4, -0.2) is 34.6 Å². The number of ketones is 3. The standard InChI is InChI=1S/C28H21BrN2O3/c1-15-6-8-16(9-7-15)21-27(33)22-23(28(21)34)25(26(32)17-10-12-19(29)13-11-17)31-24(22)20-5-3-2-4-18(20)14-30-31/h2-14,21-25H,1H3/t21-,22-,23+,24+,25-/m0/s1. The molecule has 2 heterocycles. The average Bonchev–Trinajstić information content (AvgIpc) is 3.32. The Morgan fingerprint density at radius 3 is 2.29 bits per heavy atom. The first kappa shape index (κ1) is 21.2. The molecule has 3 aromatic carbocycles. The summed E-state index contributed by atoms with van der Waals surface area (Å²) in [6, 6.07) is 21.2. The molecule has 0 radical (unpaired) electrons. The molecule has 0 spiro atoms. The van der Waals surface area contributed by atoms with Gasteiger partial charge in [-0.2, -0.15) is 5.10 Å². The minimum Gasteiger partial charge on any atom is -0.298 e. The maximum atomic E-state index is 13.9. The Morgan fingerprint density at radius 1 is 0.882 bits per heavy atom. The van der Waals surface area contributed by atoms with Crippen LogP contribution in [0.2, 0.25) is 0 Å². The monoisotopic (exact) mass is 512 g/mol. The smallest absolute Gasteiger partial charge is 0.187 e. The van der Waals surface area contributed by atoms with Gasteiger partial charge in [0.1, 0.15) is 12.0 Å². The molecule has 2 aliphatic heterocycles. The van der Waals surface area contributed by atoms with E-state index in [4.69, 9.17) is 0 Å². The largest absolute Gasteiger partial charge is 0.298 e. The topological polar surface area (TPSA) is 66.8 Å². The Morgan fingerprint density at radius 2 is 1.56 bits per heavy atom. The fraction of sp³-hybridized carbons (Fsp3) is 0.214. The number of rotatable bonds is 3. The van der Waals surface area contributed by atoms with Crippen LogP contribution in [0, 0.1) is 18.8 Å². The molecule has 0 amide bonds. The number of benzene rings is 3. The van der Waals surface area contributed by atoms with Crippen LogP contribution in [0.15, 0.2) is 82.4 Å². The third kappa shape index (κ3) is 3.05. The summed E-state index contributed by atoms with van der Waals surface area (Å²) in [6.45, 7) is 1.97. The summed E-state index contributed by atoms with van der Waals surface area (Å²) in [5.74, 6) is -2.71. The summed E-state index contributed by atoms with van der Waals surface area (Å²) >= 11 is 3.41. The Labute approximate surface area is 205 Å². The van der Waals surface area contributed by atoms with E-state index in [0.717, 1.165) is 21.2 Å². The van der Waals surface area contributed by atoms with Crippen LogP contribution in [0.1, 0.15) is 44.6 Å². The van der Waals surface area contributed by atoms with Gasteiger partial charge in [-0.3, -0.25) is 19.4 Å². The van der Waals surface area contributed by atoms with Crippen molar-refractivity contribution in [3.05, 3.63) is 105 Å². The Balaban J connectivity index is 1.49. The van der Waals surface area contributed by atoms with Crippen molar-refractivity contribution in [3.63, 3.8) is 0 Å². The highest BCUT2D eigenvalue weighted by Gasteiger charge is 2.65. The highest BCUT2D eigenvalue weighted by atomic mass is 79.9. The number of carbonyl (C=O) groups is 3. The molecule has 1 saturated heterocycles. The minimum atomic E-state index is -0.851.